The Hall–Kier alpha value is -4.16. The molecule has 4 fully saturated rings. The number of hydrogen-bond donors (Lipinski definition) is 1. The van der Waals surface area contributed by atoms with E-state index in [-0.39, 0.29) is 34.8 Å². The van der Waals surface area contributed by atoms with Crippen molar-refractivity contribution in [3.05, 3.63) is 58.7 Å². The molecule has 0 spiro atoms. The van der Waals surface area contributed by atoms with Gasteiger partial charge in [0.05, 0.1) is 37.8 Å². The van der Waals surface area contributed by atoms with Crippen molar-refractivity contribution in [3.8, 4) is 17.0 Å². The Labute approximate surface area is 299 Å². The zero-order valence-electron chi connectivity index (χ0n) is 29.8. The van der Waals surface area contributed by atoms with E-state index < -0.39 is 21.2 Å². The third-order valence-corrected chi connectivity index (χ3v) is 14.0. The number of nitrogens with zero attached hydrogens (tertiary/aromatic N) is 3. The molecule has 5 heterocycles. The van der Waals surface area contributed by atoms with Crippen LogP contribution < -0.4 is 9.46 Å². The molecule has 0 radical (unpaired) electrons. The predicted molar refractivity (Wildman–Crippen MR) is 194 cm³/mol. The molecule has 1 aliphatic carbocycles. The van der Waals surface area contributed by atoms with Crippen LogP contribution in [0.5, 0.6) is 5.75 Å². The standard InChI is InChI=1S/C39H46N4O7S/c1-24(2)51(47,48)40-36(45)27-10-12-32-33(16-27)43-17-29(37(46)42-20-38-18-41(25(3)44)19-39(38,21-42)23-50-22-38)14-28-15-30(49-4)11-13-31(28)35(43)34(32)26-8-6-5-7-9-26/h10-16,24,26H,5-9,17-23H2,1-4H3,(H,40,45). The molecule has 0 bridgehead atoms. The van der Waals surface area contributed by atoms with Crippen molar-refractivity contribution in [2.24, 2.45) is 10.8 Å². The Morgan fingerprint density at radius 2 is 1.63 bits per heavy atom. The van der Waals surface area contributed by atoms with Gasteiger partial charge in [0.2, 0.25) is 15.9 Å². The van der Waals surface area contributed by atoms with Gasteiger partial charge in [-0.25, -0.2) is 13.1 Å². The van der Waals surface area contributed by atoms with Crippen molar-refractivity contribution in [2.45, 2.75) is 70.6 Å². The first-order chi connectivity index (χ1) is 24.3. The summed E-state index contributed by atoms with van der Waals surface area (Å²) in [5.41, 5.74) is 5.18. The average molecular weight is 715 g/mol. The molecular formula is C39H46N4O7S. The van der Waals surface area contributed by atoms with Crippen LogP contribution in [0.2, 0.25) is 0 Å². The molecule has 2 unspecified atom stereocenters. The fourth-order valence-electron chi connectivity index (χ4n) is 9.46. The summed E-state index contributed by atoms with van der Waals surface area (Å²) in [6.07, 6.45) is 7.54. The Bertz CT molecular complexity index is 2090. The van der Waals surface area contributed by atoms with Gasteiger partial charge in [0.15, 0.2) is 0 Å². The summed E-state index contributed by atoms with van der Waals surface area (Å²) in [5, 5.41) is 0.251. The number of ether oxygens (including phenoxy) is 2. The molecule has 1 saturated carbocycles. The highest BCUT2D eigenvalue weighted by atomic mass is 32.2. The number of benzene rings is 2. The number of aromatic nitrogens is 1. The van der Waals surface area contributed by atoms with Crippen LogP contribution in [0.4, 0.5) is 0 Å². The molecule has 270 valence electrons. The Morgan fingerprint density at radius 1 is 0.941 bits per heavy atom. The number of methoxy groups -OCH3 is 1. The quantitative estimate of drug-likeness (QED) is 0.384. The highest BCUT2D eigenvalue weighted by Crippen LogP contribution is 2.56. The lowest BCUT2D eigenvalue weighted by Gasteiger charge is -2.27. The second-order valence-electron chi connectivity index (χ2n) is 15.7. The first-order valence-corrected chi connectivity index (χ1v) is 19.6. The van der Waals surface area contributed by atoms with Crippen LogP contribution >= 0.6 is 0 Å². The first kappa shape index (κ1) is 34.0. The van der Waals surface area contributed by atoms with E-state index in [1.54, 1.807) is 26.2 Å². The van der Waals surface area contributed by atoms with Crippen LogP contribution in [0.1, 0.15) is 80.3 Å². The van der Waals surface area contributed by atoms with Crippen molar-refractivity contribution in [3.63, 3.8) is 0 Å². The molecule has 3 saturated heterocycles. The number of fused-ring (bicyclic) bond motifs is 5. The maximum atomic E-state index is 14.8. The molecule has 2 atom stereocenters. The van der Waals surface area contributed by atoms with Crippen LogP contribution in [0, 0.1) is 10.8 Å². The van der Waals surface area contributed by atoms with Crippen LogP contribution in [0.15, 0.2) is 42.0 Å². The molecular weight excluding hydrogens is 669 g/mol. The van der Waals surface area contributed by atoms with Gasteiger partial charge in [-0.1, -0.05) is 25.3 Å². The summed E-state index contributed by atoms with van der Waals surface area (Å²) in [5.74, 6) is 0.303. The van der Waals surface area contributed by atoms with E-state index in [1.165, 1.54) is 25.8 Å². The number of hydrogen-bond acceptors (Lipinski definition) is 7. The topological polar surface area (TPSA) is 127 Å². The van der Waals surface area contributed by atoms with Crippen LogP contribution in [-0.4, -0.2) is 92.3 Å². The van der Waals surface area contributed by atoms with Gasteiger partial charge in [0, 0.05) is 71.5 Å². The molecule has 3 amide bonds. The van der Waals surface area contributed by atoms with Gasteiger partial charge in [-0.15, -0.1) is 0 Å². The van der Waals surface area contributed by atoms with Gasteiger partial charge >= 0.3 is 0 Å². The molecule has 12 heteroatoms. The largest absolute Gasteiger partial charge is 0.497 e. The van der Waals surface area contributed by atoms with E-state index in [4.69, 9.17) is 9.47 Å². The zero-order valence-corrected chi connectivity index (χ0v) is 30.6. The number of carbonyl (C=O) groups excluding carboxylic acids is 3. The van der Waals surface area contributed by atoms with Crippen LogP contribution in [-0.2, 0) is 30.9 Å². The second kappa shape index (κ2) is 12.2. The Morgan fingerprint density at radius 3 is 2.27 bits per heavy atom. The number of likely N-dealkylation sites (tertiary alicyclic amines) is 2. The van der Waals surface area contributed by atoms with E-state index in [0.717, 1.165) is 53.4 Å². The SMILES string of the molecule is COc1ccc2c(c1)C=C(C(=O)N1CC34COCC3(CN(C(C)=O)C4)C1)Cn1c-2c(C2CCCCC2)c2ccc(C(=O)NS(=O)(=O)C(C)C)cc21. The minimum Gasteiger partial charge on any atom is -0.497 e. The molecule has 51 heavy (non-hydrogen) atoms. The molecule has 1 N–H and O–H groups in total. The van der Waals surface area contributed by atoms with Gasteiger partial charge in [-0.2, -0.15) is 0 Å². The van der Waals surface area contributed by atoms with Gasteiger partial charge in [-0.05, 0) is 80.1 Å². The van der Waals surface area contributed by atoms with Gasteiger partial charge in [0.1, 0.15) is 5.75 Å². The maximum absolute atomic E-state index is 14.8. The second-order valence-corrected chi connectivity index (χ2v) is 17.9. The first-order valence-electron chi connectivity index (χ1n) is 18.1. The molecule has 4 aliphatic heterocycles. The highest BCUT2D eigenvalue weighted by molar-refractivity contribution is 7.90. The Balaban J connectivity index is 1.25. The average Bonchev–Trinajstić information content (AvgIpc) is 3.76. The Kier molecular flexibility index (Phi) is 8.14. The van der Waals surface area contributed by atoms with Gasteiger partial charge < -0.3 is 23.8 Å². The minimum atomic E-state index is -3.84. The van der Waals surface area contributed by atoms with E-state index in [1.807, 2.05) is 34.1 Å². The van der Waals surface area contributed by atoms with E-state index in [9.17, 15) is 22.8 Å². The van der Waals surface area contributed by atoms with Crippen molar-refractivity contribution in [1.29, 1.82) is 0 Å². The monoisotopic (exact) mass is 714 g/mol. The number of sulfonamides is 1. The van der Waals surface area contributed by atoms with Crippen LogP contribution in [0.3, 0.4) is 0 Å². The third-order valence-electron chi connectivity index (χ3n) is 12.3. The summed E-state index contributed by atoms with van der Waals surface area (Å²) in [6.45, 7) is 8.18. The summed E-state index contributed by atoms with van der Waals surface area (Å²) >= 11 is 0. The van der Waals surface area contributed by atoms with Crippen LogP contribution in [0.25, 0.3) is 28.2 Å². The summed E-state index contributed by atoms with van der Waals surface area (Å²) < 4.78 is 41.4. The minimum absolute atomic E-state index is 0.0515. The molecule has 2 aromatic carbocycles. The molecule has 1 aromatic heterocycles. The van der Waals surface area contributed by atoms with Crippen molar-refractivity contribution in [1.82, 2.24) is 19.1 Å². The number of carbonyl (C=O) groups is 3. The van der Waals surface area contributed by atoms with E-state index in [2.05, 4.69) is 15.4 Å². The van der Waals surface area contributed by atoms with E-state index >= 15 is 0 Å². The molecule has 11 nitrogen and oxygen atoms in total. The summed E-state index contributed by atoms with van der Waals surface area (Å²) in [7, 11) is -2.20. The normalized spacial score (nSPS) is 24.5. The highest BCUT2D eigenvalue weighted by Gasteiger charge is 2.67. The summed E-state index contributed by atoms with van der Waals surface area (Å²) in [6, 6.07) is 11.4. The number of rotatable bonds is 6. The van der Waals surface area contributed by atoms with Crippen molar-refractivity contribution in [2.75, 3.05) is 46.5 Å². The number of nitrogens with one attached hydrogen (secondary N) is 1. The van der Waals surface area contributed by atoms with Crippen molar-refractivity contribution >= 4 is 44.7 Å². The maximum Gasteiger partial charge on any atom is 0.264 e. The predicted octanol–water partition coefficient (Wildman–Crippen LogP) is 4.94. The molecule has 5 aliphatic rings. The smallest absolute Gasteiger partial charge is 0.264 e. The fraction of sp³-hybridized carbons (Fsp3) is 0.513. The summed E-state index contributed by atoms with van der Waals surface area (Å²) in [4.78, 5) is 44.5. The van der Waals surface area contributed by atoms with E-state index in [0.29, 0.717) is 56.6 Å². The lowest BCUT2D eigenvalue weighted by molar-refractivity contribution is -0.130. The van der Waals surface area contributed by atoms with Gasteiger partial charge in [0.25, 0.3) is 11.8 Å². The molecule has 8 rings (SSSR count). The molecule has 3 aromatic rings. The number of amides is 3. The van der Waals surface area contributed by atoms with Gasteiger partial charge in [-0.3, -0.25) is 14.4 Å². The zero-order chi connectivity index (χ0) is 35.9. The third kappa shape index (κ3) is 5.39. The fourth-order valence-corrected chi connectivity index (χ4v) is 10.1. The lowest BCUT2D eigenvalue weighted by Crippen LogP contribution is -2.40. The lowest BCUT2D eigenvalue weighted by atomic mass is 9.71. The van der Waals surface area contributed by atoms with Crippen molar-refractivity contribution < 1.29 is 32.3 Å².